The van der Waals surface area contributed by atoms with Crippen molar-refractivity contribution in [3.63, 3.8) is 0 Å². The highest BCUT2D eigenvalue weighted by atomic mass is 15.2. The second-order valence-electron chi connectivity index (χ2n) is 5.29. The molecule has 0 aliphatic heterocycles. The first-order chi connectivity index (χ1) is 9.14. The Labute approximate surface area is 115 Å². The lowest BCUT2D eigenvalue weighted by Crippen LogP contribution is -2.37. The van der Waals surface area contributed by atoms with Crippen LogP contribution in [0.1, 0.15) is 37.3 Å². The van der Waals surface area contributed by atoms with Crippen molar-refractivity contribution in [1.29, 1.82) is 0 Å². The number of benzene rings is 1. The Kier molecular flexibility index (Phi) is 4.38. The predicted octanol–water partition coefficient (Wildman–Crippen LogP) is 3.01. The molecule has 1 heterocycles. The van der Waals surface area contributed by atoms with E-state index in [1.54, 1.807) is 0 Å². The van der Waals surface area contributed by atoms with Crippen LogP contribution >= 0.6 is 0 Å². The molecule has 0 saturated heterocycles. The summed E-state index contributed by atoms with van der Waals surface area (Å²) in [5.41, 5.74) is 8.92. The van der Waals surface area contributed by atoms with Crippen LogP contribution in [-0.4, -0.2) is 9.78 Å². The normalized spacial score (nSPS) is 14.3. The van der Waals surface area contributed by atoms with E-state index < -0.39 is 0 Å². The van der Waals surface area contributed by atoms with Gasteiger partial charge in [0.2, 0.25) is 0 Å². The SMILES string of the molecule is CCCC(N)(CCc1cnn(C)c1)c1ccccc1. The van der Waals surface area contributed by atoms with Crippen molar-refractivity contribution in [3.05, 3.63) is 53.9 Å². The third kappa shape index (κ3) is 3.44. The van der Waals surface area contributed by atoms with E-state index in [4.69, 9.17) is 5.73 Å². The zero-order valence-electron chi connectivity index (χ0n) is 11.8. The summed E-state index contributed by atoms with van der Waals surface area (Å²) in [4.78, 5) is 0. The van der Waals surface area contributed by atoms with Gasteiger partial charge in [-0.25, -0.2) is 0 Å². The van der Waals surface area contributed by atoms with Gasteiger partial charge in [0.1, 0.15) is 0 Å². The molecule has 1 aromatic carbocycles. The van der Waals surface area contributed by atoms with Crippen LogP contribution in [0.25, 0.3) is 0 Å². The van der Waals surface area contributed by atoms with Crippen LogP contribution < -0.4 is 5.73 Å². The molecule has 1 atom stereocenters. The molecule has 0 saturated carbocycles. The summed E-state index contributed by atoms with van der Waals surface area (Å²) in [5.74, 6) is 0. The molecule has 0 aliphatic rings. The second-order valence-corrected chi connectivity index (χ2v) is 5.29. The molecule has 19 heavy (non-hydrogen) atoms. The van der Waals surface area contributed by atoms with E-state index in [-0.39, 0.29) is 5.54 Å². The van der Waals surface area contributed by atoms with Gasteiger partial charge in [-0.1, -0.05) is 43.7 Å². The summed E-state index contributed by atoms with van der Waals surface area (Å²) in [6.45, 7) is 2.19. The average molecular weight is 257 g/mol. The molecule has 2 aromatic rings. The highest BCUT2D eigenvalue weighted by Gasteiger charge is 2.25. The maximum Gasteiger partial charge on any atom is 0.0521 e. The Morgan fingerprint density at radius 1 is 1.21 bits per heavy atom. The monoisotopic (exact) mass is 257 g/mol. The van der Waals surface area contributed by atoms with Crippen LogP contribution in [0.5, 0.6) is 0 Å². The molecule has 1 aromatic heterocycles. The molecule has 0 spiro atoms. The minimum atomic E-state index is -0.230. The van der Waals surface area contributed by atoms with Crippen LogP contribution in [0.2, 0.25) is 0 Å². The van der Waals surface area contributed by atoms with E-state index in [0.29, 0.717) is 0 Å². The highest BCUT2D eigenvalue weighted by Crippen LogP contribution is 2.28. The number of nitrogens with zero attached hydrogens (tertiary/aromatic N) is 2. The Balaban J connectivity index is 2.11. The summed E-state index contributed by atoms with van der Waals surface area (Å²) in [7, 11) is 1.95. The van der Waals surface area contributed by atoms with Crippen molar-refractivity contribution in [2.24, 2.45) is 12.8 Å². The van der Waals surface area contributed by atoms with E-state index in [9.17, 15) is 0 Å². The highest BCUT2D eigenvalue weighted by molar-refractivity contribution is 5.24. The molecule has 0 aliphatic carbocycles. The molecule has 0 bridgehead atoms. The molecular formula is C16H23N3. The number of aryl methyl sites for hydroxylation is 2. The van der Waals surface area contributed by atoms with Crippen molar-refractivity contribution < 1.29 is 0 Å². The van der Waals surface area contributed by atoms with Crippen LogP contribution in [0.3, 0.4) is 0 Å². The van der Waals surface area contributed by atoms with E-state index >= 15 is 0 Å². The molecule has 0 amide bonds. The number of aromatic nitrogens is 2. The van der Waals surface area contributed by atoms with Gasteiger partial charge in [-0.2, -0.15) is 5.10 Å². The molecular weight excluding hydrogens is 234 g/mol. The van der Waals surface area contributed by atoms with Gasteiger partial charge < -0.3 is 5.73 Å². The molecule has 0 fully saturated rings. The van der Waals surface area contributed by atoms with E-state index in [0.717, 1.165) is 25.7 Å². The lowest BCUT2D eigenvalue weighted by molar-refractivity contribution is 0.373. The molecule has 3 nitrogen and oxygen atoms in total. The smallest absolute Gasteiger partial charge is 0.0521 e. The number of hydrogen-bond acceptors (Lipinski definition) is 2. The molecule has 1 unspecified atom stereocenters. The zero-order valence-corrected chi connectivity index (χ0v) is 11.8. The topological polar surface area (TPSA) is 43.8 Å². The first-order valence-corrected chi connectivity index (χ1v) is 6.96. The molecule has 2 rings (SSSR count). The minimum Gasteiger partial charge on any atom is -0.321 e. The number of nitrogens with two attached hydrogens (primary N) is 1. The summed E-state index contributed by atoms with van der Waals surface area (Å²) in [5, 5.41) is 4.21. The maximum absolute atomic E-state index is 6.66. The van der Waals surface area contributed by atoms with Crippen molar-refractivity contribution >= 4 is 0 Å². The average Bonchev–Trinajstić information content (AvgIpc) is 2.84. The molecule has 3 heteroatoms. The van der Waals surface area contributed by atoms with Crippen LogP contribution in [0, 0.1) is 0 Å². The van der Waals surface area contributed by atoms with Crippen molar-refractivity contribution in [2.75, 3.05) is 0 Å². The minimum absolute atomic E-state index is 0.230. The third-order valence-corrected chi connectivity index (χ3v) is 3.66. The van der Waals surface area contributed by atoms with E-state index in [1.165, 1.54) is 11.1 Å². The standard InChI is InChI=1S/C16H23N3/c1-3-10-16(17,15-7-5-4-6-8-15)11-9-14-12-18-19(2)13-14/h4-8,12-13H,3,9-11,17H2,1-2H3. The van der Waals surface area contributed by atoms with E-state index in [1.807, 2.05) is 24.0 Å². The number of hydrogen-bond donors (Lipinski definition) is 1. The first kappa shape index (κ1) is 13.8. The quantitative estimate of drug-likeness (QED) is 0.864. The molecule has 102 valence electrons. The summed E-state index contributed by atoms with van der Waals surface area (Å²) in [6.07, 6.45) is 8.03. The van der Waals surface area contributed by atoms with Crippen LogP contribution in [-0.2, 0) is 19.0 Å². The van der Waals surface area contributed by atoms with Gasteiger partial charge in [0, 0.05) is 18.8 Å². The fourth-order valence-electron chi connectivity index (χ4n) is 2.60. The second kappa shape index (κ2) is 6.02. The van der Waals surface area contributed by atoms with E-state index in [2.05, 4.69) is 42.5 Å². The lowest BCUT2D eigenvalue weighted by Gasteiger charge is -2.30. The van der Waals surface area contributed by atoms with Crippen molar-refractivity contribution in [2.45, 2.75) is 38.1 Å². The molecule has 0 radical (unpaired) electrons. The summed E-state index contributed by atoms with van der Waals surface area (Å²) < 4.78 is 1.84. The van der Waals surface area contributed by atoms with Gasteiger partial charge in [0.05, 0.1) is 6.20 Å². The fourth-order valence-corrected chi connectivity index (χ4v) is 2.60. The van der Waals surface area contributed by atoms with Gasteiger partial charge in [0.25, 0.3) is 0 Å². The predicted molar refractivity (Wildman–Crippen MR) is 78.7 cm³/mol. The van der Waals surface area contributed by atoms with Gasteiger partial charge in [0.15, 0.2) is 0 Å². The largest absolute Gasteiger partial charge is 0.321 e. The first-order valence-electron chi connectivity index (χ1n) is 6.96. The fraction of sp³-hybridized carbons (Fsp3) is 0.438. The Morgan fingerprint density at radius 3 is 2.53 bits per heavy atom. The zero-order chi connectivity index (χ0) is 13.7. The summed E-state index contributed by atoms with van der Waals surface area (Å²) >= 11 is 0. The Bertz CT molecular complexity index is 504. The third-order valence-electron chi connectivity index (χ3n) is 3.66. The summed E-state index contributed by atoms with van der Waals surface area (Å²) in [6, 6.07) is 10.4. The lowest BCUT2D eigenvalue weighted by atomic mass is 9.82. The molecule has 2 N–H and O–H groups in total. The Hall–Kier alpha value is -1.61. The Morgan fingerprint density at radius 2 is 1.95 bits per heavy atom. The van der Waals surface area contributed by atoms with Gasteiger partial charge >= 0.3 is 0 Å². The van der Waals surface area contributed by atoms with Crippen molar-refractivity contribution in [3.8, 4) is 0 Å². The van der Waals surface area contributed by atoms with Crippen LogP contribution in [0.4, 0.5) is 0 Å². The number of rotatable bonds is 6. The van der Waals surface area contributed by atoms with Gasteiger partial charge in [-0.3, -0.25) is 4.68 Å². The maximum atomic E-state index is 6.66. The van der Waals surface area contributed by atoms with Gasteiger partial charge in [-0.15, -0.1) is 0 Å². The van der Waals surface area contributed by atoms with Crippen LogP contribution in [0.15, 0.2) is 42.7 Å². The van der Waals surface area contributed by atoms with Crippen molar-refractivity contribution in [1.82, 2.24) is 9.78 Å². The van der Waals surface area contributed by atoms with Gasteiger partial charge in [-0.05, 0) is 30.4 Å².